The summed E-state index contributed by atoms with van der Waals surface area (Å²) in [5.41, 5.74) is -0.241. The van der Waals surface area contributed by atoms with Crippen LogP contribution in [0.2, 0.25) is 0 Å². The van der Waals surface area contributed by atoms with Crippen LogP contribution in [0.25, 0.3) is 27.8 Å². The van der Waals surface area contributed by atoms with Gasteiger partial charge in [-0.05, 0) is 41.0 Å². The number of rotatable bonds is 4. The first-order chi connectivity index (χ1) is 24.1. The standard InChI is InChI=1S/C34H8F10N2O2S3/c35-22-24(37)28(41)32(29(42)25(22)38)49-12-2-4-15-18(7-12)20(11(9-45)10-46)17-6-5-16-14-3-1-13(8-19(14)51(47,48)34(16)21(15)17)50-33-30(43)26(39)23(36)27(40)31(33)44/h1-8H. The summed E-state index contributed by atoms with van der Waals surface area (Å²) in [6, 6.07) is 13.2. The fourth-order valence-electron chi connectivity index (χ4n) is 5.82. The first-order valence-electron chi connectivity index (χ1n) is 13.8. The monoisotopic (exact) mass is 762 g/mol. The van der Waals surface area contributed by atoms with Crippen molar-refractivity contribution in [2.45, 2.75) is 29.4 Å². The summed E-state index contributed by atoms with van der Waals surface area (Å²) in [7, 11) is -4.56. The number of nitriles is 2. The van der Waals surface area contributed by atoms with Crippen LogP contribution in [0.15, 0.2) is 83.5 Å². The molecule has 0 saturated carbocycles. The topological polar surface area (TPSA) is 81.7 Å². The Bertz CT molecular complexity index is 2630. The van der Waals surface area contributed by atoms with Crippen molar-refractivity contribution in [3.63, 3.8) is 0 Å². The van der Waals surface area contributed by atoms with Gasteiger partial charge in [0, 0.05) is 32.1 Å². The molecule has 5 aromatic rings. The van der Waals surface area contributed by atoms with Gasteiger partial charge in [0.05, 0.1) is 19.6 Å². The van der Waals surface area contributed by atoms with Gasteiger partial charge in [0.15, 0.2) is 46.5 Å². The second-order valence-corrected chi connectivity index (χ2v) is 14.7. The van der Waals surface area contributed by atoms with Crippen molar-refractivity contribution in [1.29, 1.82) is 10.5 Å². The number of nitrogens with zero attached hydrogens (tertiary/aromatic N) is 2. The molecular weight excluding hydrogens is 755 g/mol. The third kappa shape index (κ3) is 4.86. The van der Waals surface area contributed by atoms with Crippen molar-refractivity contribution in [3.8, 4) is 34.4 Å². The van der Waals surface area contributed by atoms with E-state index in [0.717, 1.165) is 6.07 Å². The summed E-state index contributed by atoms with van der Waals surface area (Å²) in [5.74, 6) is -22.0. The van der Waals surface area contributed by atoms with Gasteiger partial charge in [-0.25, -0.2) is 52.3 Å². The van der Waals surface area contributed by atoms with Crippen LogP contribution in [-0.2, 0) is 9.84 Å². The van der Waals surface area contributed by atoms with Crippen molar-refractivity contribution in [2.75, 3.05) is 0 Å². The van der Waals surface area contributed by atoms with Gasteiger partial charge in [-0.1, -0.05) is 47.8 Å². The fourth-order valence-corrected chi connectivity index (χ4v) is 9.63. The summed E-state index contributed by atoms with van der Waals surface area (Å²) in [4.78, 5) is -3.58. The second kappa shape index (κ2) is 11.9. The summed E-state index contributed by atoms with van der Waals surface area (Å²) < 4.78 is 169. The smallest absolute Gasteiger partial charge is 0.208 e. The molecule has 0 N–H and O–H groups in total. The van der Waals surface area contributed by atoms with E-state index in [1.807, 2.05) is 0 Å². The molecule has 0 aromatic heterocycles. The third-order valence-corrected chi connectivity index (χ3v) is 12.0. The minimum Gasteiger partial charge on any atom is -0.218 e. The Hall–Kier alpha value is -5.23. The summed E-state index contributed by atoms with van der Waals surface area (Å²) in [6.45, 7) is 0. The van der Waals surface area contributed by atoms with Crippen LogP contribution in [-0.4, -0.2) is 8.42 Å². The minimum atomic E-state index is -4.56. The van der Waals surface area contributed by atoms with Gasteiger partial charge < -0.3 is 0 Å². The Morgan fingerprint density at radius 3 is 1.41 bits per heavy atom. The molecular formula is C34H8F10N2O2S3. The lowest BCUT2D eigenvalue weighted by atomic mass is 9.96. The van der Waals surface area contributed by atoms with Crippen molar-refractivity contribution in [2.24, 2.45) is 0 Å². The number of hydrogen-bond acceptors (Lipinski definition) is 6. The van der Waals surface area contributed by atoms with Gasteiger partial charge >= 0.3 is 0 Å². The zero-order valence-corrected chi connectivity index (χ0v) is 26.8. The lowest BCUT2D eigenvalue weighted by Gasteiger charge is -2.10. The van der Waals surface area contributed by atoms with Crippen molar-refractivity contribution in [3.05, 3.63) is 123 Å². The molecule has 0 saturated heterocycles. The zero-order valence-electron chi connectivity index (χ0n) is 24.3. The molecule has 17 heteroatoms. The number of benzene rings is 5. The van der Waals surface area contributed by atoms with Crippen LogP contribution in [0, 0.1) is 80.8 Å². The van der Waals surface area contributed by atoms with E-state index < -0.39 is 88.3 Å². The molecule has 0 atom stereocenters. The van der Waals surface area contributed by atoms with E-state index >= 15 is 0 Å². The molecule has 7 rings (SSSR count). The summed E-state index contributed by atoms with van der Waals surface area (Å²) >= 11 is 0.237. The normalized spacial score (nSPS) is 13.3. The number of allylic oxidation sites excluding steroid dienone is 1. The predicted molar refractivity (Wildman–Crippen MR) is 161 cm³/mol. The van der Waals surface area contributed by atoms with Crippen molar-refractivity contribution >= 4 is 38.9 Å². The largest absolute Gasteiger partial charge is 0.218 e. The molecule has 5 aromatic carbocycles. The highest BCUT2D eigenvalue weighted by Gasteiger charge is 2.41. The number of halogens is 10. The molecule has 0 bridgehead atoms. The van der Waals surface area contributed by atoms with Crippen LogP contribution in [0.1, 0.15) is 11.1 Å². The summed E-state index contributed by atoms with van der Waals surface area (Å²) in [5, 5.41) is 19.6. The van der Waals surface area contributed by atoms with Gasteiger partial charge in [-0.3, -0.25) is 0 Å². The van der Waals surface area contributed by atoms with Crippen LogP contribution < -0.4 is 0 Å². The van der Waals surface area contributed by atoms with E-state index in [1.54, 1.807) is 12.1 Å². The van der Waals surface area contributed by atoms with E-state index in [2.05, 4.69) is 0 Å². The van der Waals surface area contributed by atoms with Gasteiger partial charge in [-0.15, -0.1) is 0 Å². The molecule has 4 nitrogen and oxygen atoms in total. The quantitative estimate of drug-likeness (QED) is 0.0769. The van der Waals surface area contributed by atoms with Crippen LogP contribution in [0.4, 0.5) is 43.9 Å². The summed E-state index contributed by atoms with van der Waals surface area (Å²) in [6.07, 6.45) is 0. The van der Waals surface area contributed by atoms with Crippen molar-refractivity contribution in [1.82, 2.24) is 0 Å². The molecule has 0 spiro atoms. The highest BCUT2D eigenvalue weighted by atomic mass is 32.2. The molecule has 0 fully saturated rings. The Morgan fingerprint density at radius 1 is 0.510 bits per heavy atom. The molecule has 1 aliphatic heterocycles. The number of hydrogen-bond donors (Lipinski definition) is 0. The van der Waals surface area contributed by atoms with Gasteiger partial charge in [0.1, 0.15) is 17.7 Å². The van der Waals surface area contributed by atoms with Crippen LogP contribution >= 0.6 is 23.5 Å². The first-order valence-corrected chi connectivity index (χ1v) is 16.9. The molecule has 0 radical (unpaired) electrons. The maximum atomic E-state index is 14.5. The van der Waals surface area contributed by atoms with Crippen LogP contribution in [0.3, 0.4) is 0 Å². The highest BCUT2D eigenvalue weighted by Crippen LogP contribution is 2.56. The van der Waals surface area contributed by atoms with E-state index in [4.69, 9.17) is 0 Å². The van der Waals surface area contributed by atoms with E-state index in [0.29, 0.717) is 0 Å². The predicted octanol–water partition coefficient (Wildman–Crippen LogP) is 10.0. The lowest BCUT2D eigenvalue weighted by molar-refractivity contribution is 0.361. The second-order valence-electron chi connectivity index (χ2n) is 10.7. The number of sulfone groups is 1. The molecule has 51 heavy (non-hydrogen) atoms. The van der Waals surface area contributed by atoms with Gasteiger partial charge in [0.2, 0.25) is 21.5 Å². The Labute approximate surface area is 288 Å². The Kier molecular flexibility index (Phi) is 8.01. The minimum absolute atomic E-state index is 0.0130. The van der Waals surface area contributed by atoms with E-state index in [-0.39, 0.29) is 77.2 Å². The zero-order chi connectivity index (χ0) is 36.8. The van der Waals surface area contributed by atoms with Gasteiger partial charge in [0.25, 0.3) is 0 Å². The number of fused-ring (bicyclic) bond motifs is 7. The first kappa shape index (κ1) is 34.2. The van der Waals surface area contributed by atoms with Crippen LogP contribution in [0.5, 0.6) is 0 Å². The molecule has 2 aliphatic rings. The van der Waals surface area contributed by atoms with Gasteiger partial charge in [-0.2, -0.15) is 10.5 Å². The SMILES string of the molecule is N#CC(C#N)=C1c2cc(Sc3c(F)c(F)c(F)c(F)c3F)ccc2-c2c1ccc1c2S(=O)(=O)c2cc(Sc3c(F)c(F)c(F)c(F)c3F)ccc2-1. The molecule has 1 heterocycles. The third-order valence-electron chi connectivity index (χ3n) is 8.01. The average molecular weight is 763 g/mol. The highest BCUT2D eigenvalue weighted by molar-refractivity contribution is 7.99. The van der Waals surface area contributed by atoms with E-state index in [1.165, 1.54) is 42.5 Å². The Morgan fingerprint density at radius 2 is 0.922 bits per heavy atom. The molecule has 254 valence electrons. The average Bonchev–Trinajstić information content (AvgIpc) is 3.56. The fraction of sp³-hybridized carbons (Fsp3) is 0. The maximum absolute atomic E-state index is 14.5. The Balaban J connectivity index is 1.38. The maximum Gasteiger partial charge on any atom is 0.208 e. The van der Waals surface area contributed by atoms with Crippen molar-refractivity contribution < 1.29 is 52.3 Å². The van der Waals surface area contributed by atoms with E-state index in [9.17, 15) is 62.8 Å². The lowest BCUT2D eigenvalue weighted by Crippen LogP contribution is -2.03. The molecule has 0 unspecified atom stereocenters. The molecule has 1 aliphatic carbocycles. The molecule has 0 amide bonds.